The van der Waals surface area contributed by atoms with E-state index in [-0.39, 0.29) is 11.7 Å². The Kier molecular flexibility index (Phi) is 4.69. The molecule has 6 heteroatoms. The number of halogens is 1. The number of hydrogen-bond acceptors (Lipinski definition) is 3. The highest BCUT2D eigenvalue weighted by Crippen LogP contribution is 2.26. The Morgan fingerprint density at radius 3 is 2.61 bits per heavy atom. The molecule has 0 saturated heterocycles. The van der Waals surface area contributed by atoms with Crippen LogP contribution in [0.4, 0.5) is 5.82 Å². The van der Waals surface area contributed by atoms with Crippen LogP contribution in [0.3, 0.4) is 0 Å². The van der Waals surface area contributed by atoms with Gasteiger partial charge in [0, 0.05) is 11.8 Å². The van der Waals surface area contributed by atoms with Crippen LogP contribution in [0, 0.1) is 6.92 Å². The summed E-state index contributed by atoms with van der Waals surface area (Å²) in [5, 5.41) is 3.40. The topological polar surface area (TPSA) is 59.5 Å². The molecular formula is C22H20ClN3O2. The lowest BCUT2D eigenvalue weighted by molar-refractivity contribution is 0.0997. The first-order valence-electron chi connectivity index (χ1n) is 9.08. The van der Waals surface area contributed by atoms with Crippen LogP contribution in [0.15, 0.2) is 59.1 Å². The number of aromatic nitrogens is 2. The summed E-state index contributed by atoms with van der Waals surface area (Å²) in [4.78, 5) is 17.1. The lowest BCUT2D eigenvalue weighted by atomic mass is 10.0. The number of carbonyl (C=O) groups excluding carboxylic acids is 1. The highest BCUT2D eigenvalue weighted by molar-refractivity contribution is 6.33. The zero-order chi connectivity index (χ0) is 19.8. The van der Waals surface area contributed by atoms with Gasteiger partial charge in [-0.1, -0.05) is 49.7 Å². The minimum Gasteiger partial charge on any atom is -0.451 e. The van der Waals surface area contributed by atoms with Crippen molar-refractivity contribution < 1.29 is 9.21 Å². The van der Waals surface area contributed by atoms with Gasteiger partial charge < -0.3 is 9.73 Å². The fourth-order valence-corrected chi connectivity index (χ4v) is 3.32. The second-order valence-corrected chi connectivity index (χ2v) is 7.40. The molecule has 0 unspecified atom stereocenters. The van der Waals surface area contributed by atoms with Gasteiger partial charge in [-0.2, -0.15) is 0 Å². The van der Waals surface area contributed by atoms with Crippen molar-refractivity contribution in [2.45, 2.75) is 26.7 Å². The SMILES string of the molecule is Cc1nc2c(Cl)cccn2c1NC(=O)c1ccc(-c2ccc(C(C)C)cc2)o1. The minimum absolute atomic E-state index is 0.235. The number of fused-ring (bicyclic) bond motifs is 1. The number of carbonyl (C=O) groups is 1. The quantitative estimate of drug-likeness (QED) is 0.467. The molecule has 0 aliphatic heterocycles. The summed E-state index contributed by atoms with van der Waals surface area (Å²) >= 11 is 6.18. The molecular weight excluding hydrogens is 374 g/mol. The second kappa shape index (κ2) is 7.17. The van der Waals surface area contributed by atoms with Crippen molar-refractivity contribution in [3.63, 3.8) is 0 Å². The van der Waals surface area contributed by atoms with Gasteiger partial charge in [-0.3, -0.25) is 9.20 Å². The van der Waals surface area contributed by atoms with Crippen LogP contribution in [0.25, 0.3) is 17.0 Å². The van der Waals surface area contributed by atoms with Gasteiger partial charge >= 0.3 is 0 Å². The molecule has 1 amide bonds. The summed E-state index contributed by atoms with van der Waals surface area (Å²) in [6, 6.07) is 15.2. The maximum absolute atomic E-state index is 12.7. The molecule has 4 aromatic rings. The number of anilines is 1. The molecule has 3 heterocycles. The van der Waals surface area contributed by atoms with E-state index in [2.05, 4.69) is 36.3 Å². The van der Waals surface area contributed by atoms with Crippen LogP contribution in [0.1, 0.15) is 41.6 Å². The van der Waals surface area contributed by atoms with Gasteiger partial charge in [-0.15, -0.1) is 0 Å². The first-order valence-corrected chi connectivity index (χ1v) is 9.46. The smallest absolute Gasteiger partial charge is 0.292 e. The number of pyridine rings is 1. The fourth-order valence-electron chi connectivity index (χ4n) is 3.11. The monoisotopic (exact) mass is 393 g/mol. The summed E-state index contributed by atoms with van der Waals surface area (Å²) in [7, 11) is 0. The Hall–Kier alpha value is -3.05. The largest absolute Gasteiger partial charge is 0.451 e. The number of furan rings is 1. The predicted molar refractivity (Wildman–Crippen MR) is 111 cm³/mol. The van der Waals surface area contributed by atoms with Crippen molar-refractivity contribution in [1.29, 1.82) is 0 Å². The Morgan fingerprint density at radius 1 is 1.14 bits per heavy atom. The first-order chi connectivity index (χ1) is 13.4. The number of amides is 1. The summed E-state index contributed by atoms with van der Waals surface area (Å²) in [5.41, 5.74) is 3.47. The molecule has 0 saturated carbocycles. The normalized spacial score (nSPS) is 11.3. The molecule has 0 aliphatic rings. The fraction of sp³-hybridized carbons (Fsp3) is 0.182. The predicted octanol–water partition coefficient (Wildman–Crippen LogP) is 5.93. The number of hydrogen-bond donors (Lipinski definition) is 1. The van der Waals surface area contributed by atoms with E-state index in [0.29, 0.717) is 33.9 Å². The van der Waals surface area contributed by atoms with Crippen molar-refractivity contribution in [3.8, 4) is 11.3 Å². The third-order valence-corrected chi connectivity index (χ3v) is 5.00. The van der Waals surface area contributed by atoms with Crippen LogP contribution in [-0.2, 0) is 0 Å². The van der Waals surface area contributed by atoms with Gasteiger partial charge in [0.15, 0.2) is 11.4 Å². The highest BCUT2D eigenvalue weighted by Gasteiger charge is 2.17. The van der Waals surface area contributed by atoms with Gasteiger partial charge in [-0.05, 0) is 42.7 Å². The van der Waals surface area contributed by atoms with Gasteiger partial charge in [0.1, 0.15) is 11.6 Å². The Bertz CT molecular complexity index is 1160. The molecule has 3 aromatic heterocycles. The van der Waals surface area contributed by atoms with E-state index in [0.717, 1.165) is 5.56 Å². The van der Waals surface area contributed by atoms with Gasteiger partial charge in [0.05, 0.1) is 10.7 Å². The van der Waals surface area contributed by atoms with Crippen molar-refractivity contribution in [2.75, 3.05) is 5.32 Å². The maximum atomic E-state index is 12.7. The van der Waals surface area contributed by atoms with Crippen LogP contribution in [0.2, 0.25) is 5.02 Å². The van der Waals surface area contributed by atoms with E-state index in [1.54, 1.807) is 34.9 Å². The van der Waals surface area contributed by atoms with E-state index < -0.39 is 0 Å². The summed E-state index contributed by atoms with van der Waals surface area (Å²) in [5.74, 6) is 1.59. The van der Waals surface area contributed by atoms with Crippen molar-refractivity contribution in [3.05, 3.63) is 76.8 Å². The zero-order valence-electron chi connectivity index (χ0n) is 15.9. The lowest BCUT2D eigenvalue weighted by Gasteiger charge is -2.06. The number of nitrogens with one attached hydrogen (secondary N) is 1. The summed E-state index contributed by atoms with van der Waals surface area (Å²) in [6.07, 6.45) is 1.81. The summed E-state index contributed by atoms with van der Waals surface area (Å²) in [6.45, 7) is 6.13. The van der Waals surface area contributed by atoms with Crippen molar-refractivity contribution >= 4 is 29.0 Å². The summed E-state index contributed by atoms with van der Waals surface area (Å²) < 4.78 is 7.54. The molecule has 0 spiro atoms. The van der Waals surface area contributed by atoms with E-state index in [9.17, 15) is 4.79 Å². The molecule has 1 N–H and O–H groups in total. The lowest BCUT2D eigenvalue weighted by Crippen LogP contribution is -2.13. The van der Waals surface area contributed by atoms with E-state index in [4.69, 9.17) is 16.0 Å². The Labute approximate surface area is 168 Å². The van der Waals surface area contributed by atoms with Crippen LogP contribution in [-0.4, -0.2) is 15.3 Å². The molecule has 4 rings (SSSR count). The molecule has 0 atom stereocenters. The van der Waals surface area contributed by atoms with Gasteiger partial charge in [0.25, 0.3) is 5.91 Å². The number of aryl methyl sites for hydroxylation is 1. The number of nitrogens with zero attached hydrogens (tertiary/aromatic N) is 2. The van der Waals surface area contributed by atoms with Crippen molar-refractivity contribution in [2.24, 2.45) is 0 Å². The second-order valence-electron chi connectivity index (χ2n) is 6.99. The first kappa shape index (κ1) is 18.3. The van der Waals surface area contributed by atoms with Gasteiger partial charge in [0.2, 0.25) is 0 Å². The molecule has 0 radical (unpaired) electrons. The van der Waals surface area contributed by atoms with Gasteiger partial charge in [-0.25, -0.2) is 4.98 Å². The Balaban J connectivity index is 1.59. The zero-order valence-corrected chi connectivity index (χ0v) is 16.6. The third kappa shape index (κ3) is 3.29. The number of benzene rings is 1. The average molecular weight is 394 g/mol. The Morgan fingerprint density at radius 2 is 1.89 bits per heavy atom. The highest BCUT2D eigenvalue weighted by atomic mass is 35.5. The number of rotatable bonds is 4. The third-order valence-electron chi connectivity index (χ3n) is 4.70. The van der Waals surface area contributed by atoms with Crippen LogP contribution < -0.4 is 5.32 Å². The molecule has 142 valence electrons. The molecule has 0 fully saturated rings. The van der Waals surface area contributed by atoms with E-state index >= 15 is 0 Å². The van der Waals surface area contributed by atoms with E-state index in [1.807, 2.05) is 19.1 Å². The molecule has 0 aliphatic carbocycles. The molecule has 28 heavy (non-hydrogen) atoms. The maximum Gasteiger partial charge on any atom is 0.292 e. The van der Waals surface area contributed by atoms with Crippen molar-refractivity contribution in [1.82, 2.24) is 9.38 Å². The minimum atomic E-state index is -0.338. The molecule has 1 aromatic carbocycles. The average Bonchev–Trinajstić information content (AvgIpc) is 3.29. The number of imidazole rings is 1. The standard InChI is InChI=1S/C22H20ClN3O2/c1-13(2)15-6-8-16(9-7-15)18-10-11-19(28-18)22(27)25-20-14(3)24-21-17(23)5-4-12-26(20)21/h4-13H,1-3H3,(H,25,27). The van der Waals surface area contributed by atoms with Crippen LogP contribution in [0.5, 0.6) is 0 Å². The van der Waals surface area contributed by atoms with Crippen LogP contribution >= 0.6 is 11.6 Å². The molecule has 5 nitrogen and oxygen atoms in total. The molecule has 0 bridgehead atoms. The van der Waals surface area contributed by atoms with E-state index in [1.165, 1.54) is 5.56 Å².